The molecule has 58 valence electrons. The van der Waals surface area contributed by atoms with Gasteiger partial charge in [0.1, 0.15) is 0 Å². The van der Waals surface area contributed by atoms with Gasteiger partial charge in [0.25, 0.3) is 0 Å². The second kappa shape index (κ2) is 5.03. The molecule has 0 bridgehead atoms. The van der Waals surface area contributed by atoms with Crippen molar-refractivity contribution in [2.24, 2.45) is 0 Å². The number of hydrogen-bond donors (Lipinski definition) is 1. The van der Waals surface area contributed by atoms with E-state index in [9.17, 15) is 4.79 Å². The lowest BCUT2D eigenvalue weighted by molar-refractivity contribution is -0.109. The van der Waals surface area contributed by atoms with Crippen LogP contribution < -0.4 is 5.32 Å². The molecule has 10 heavy (non-hydrogen) atoms. The van der Waals surface area contributed by atoms with Crippen LogP contribution in [0.3, 0.4) is 0 Å². The van der Waals surface area contributed by atoms with Gasteiger partial charge in [-0.25, -0.2) is 0 Å². The van der Waals surface area contributed by atoms with Gasteiger partial charge in [-0.2, -0.15) is 0 Å². The number of hydrogen-bond acceptors (Lipinski definition) is 1. The zero-order valence-electron chi connectivity index (χ0n) is 6.68. The van der Waals surface area contributed by atoms with Gasteiger partial charge in [-0.15, -0.1) is 0 Å². The van der Waals surface area contributed by atoms with E-state index in [4.69, 9.17) is 0 Å². The van der Waals surface area contributed by atoms with Crippen LogP contribution in [0.2, 0.25) is 0 Å². The topological polar surface area (TPSA) is 29.1 Å². The third-order valence-corrected chi connectivity index (χ3v) is 1.50. The number of amides is 1. The maximum atomic E-state index is 9.97. The molecule has 0 aromatic heterocycles. The van der Waals surface area contributed by atoms with Gasteiger partial charge < -0.3 is 5.32 Å². The molecule has 0 rings (SSSR count). The Bertz CT molecular complexity index is 120. The molecule has 0 spiro atoms. The lowest BCUT2D eigenvalue weighted by Crippen LogP contribution is -2.25. The molecular weight excluding hydrogens is 126 g/mol. The normalized spacial score (nSPS) is 12.2. The third-order valence-electron chi connectivity index (χ3n) is 1.50. The van der Waals surface area contributed by atoms with Crippen LogP contribution in [0.4, 0.5) is 0 Å². The van der Waals surface area contributed by atoms with Gasteiger partial charge in [-0.1, -0.05) is 25.5 Å². The van der Waals surface area contributed by atoms with Crippen molar-refractivity contribution in [2.75, 3.05) is 0 Å². The van der Waals surface area contributed by atoms with E-state index < -0.39 is 0 Å². The minimum absolute atomic E-state index is 0.123. The van der Waals surface area contributed by atoms with E-state index in [1.807, 2.05) is 6.92 Å². The van der Waals surface area contributed by atoms with Gasteiger partial charge >= 0.3 is 0 Å². The summed E-state index contributed by atoms with van der Waals surface area (Å²) in [6, 6.07) is 0.123. The molecule has 0 aliphatic heterocycles. The number of carbonyl (C=O) groups excluding carboxylic acids is 1. The van der Waals surface area contributed by atoms with E-state index in [2.05, 4.69) is 18.8 Å². The fraction of sp³-hybridized carbons (Fsp3) is 0.625. The van der Waals surface area contributed by atoms with Crippen LogP contribution in [-0.4, -0.2) is 12.5 Å². The summed E-state index contributed by atoms with van der Waals surface area (Å²) in [5, 5.41) is 2.65. The molecule has 2 nitrogen and oxygen atoms in total. The number of rotatable bonds is 5. The van der Waals surface area contributed by atoms with Gasteiger partial charge in [0.05, 0.1) is 0 Å². The molecule has 0 saturated heterocycles. The highest BCUT2D eigenvalue weighted by Crippen LogP contribution is 2.05. The maximum absolute atomic E-state index is 9.97. The van der Waals surface area contributed by atoms with Crippen molar-refractivity contribution in [1.29, 1.82) is 0 Å². The van der Waals surface area contributed by atoms with E-state index in [1.54, 1.807) is 0 Å². The Morgan fingerprint density at radius 2 is 2.40 bits per heavy atom. The maximum Gasteiger partial charge on any atom is 0.207 e. The predicted molar refractivity (Wildman–Crippen MR) is 42.7 cm³/mol. The van der Waals surface area contributed by atoms with Crippen molar-refractivity contribution in [3.63, 3.8) is 0 Å². The van der Waals surface area contributed by atoms with Gasteiger partial charge in [-0.3, -0.25) is 4.79 Å². The van der Waals surface area contributed by atoms with Gasteiger partial charge in [0.15, 0.2) is 0 Å². The summed E-state index contributed by atoms with van der Waals surface area (Å²) >= 11 is 0. The third kappa shape index (κ3) is 3.28. The smallest absolute Gasteiger partial charge is 0.207 e. The quantitative estimate of drug-likeness (QED) is 0.456. The average Bonchev–Trinajstić information content (AvgIpc) is 1.89. The van der Waals surface area contributed by atoms with Gasteiger partial charge in [0.2, 0.25) is 6.41 Å². The van der Waals surface area contributed by atoms with E-state index in [1.165, 1.54) is 0 Å². The van der Waals surface area contributed by atoms with E-state index in [0.29, 0.717) is 6.41 Å². The van der Waals surface area contributed by atoms with E-state index in [-0.39, 0.29) is 6.04 Å². The molecule has 2 heteroatoms. The summed E-state index contributed by atoms with van der Waals surface area (Å²) in [5.74, 6) is 0. The molecule has 0 aliphatic rings. The zero-order chi connectivity index (χ0) is 7.98. The summed E-state index contributed by atoms with van der Waals surface area (Å²) in [7, 11) is 0. The highest BCUT2D eigenvalue weighted by Gasteiger charge is 2.01. The van der Waals surface area contributed by atoms with Crippen LogP contribution in [0, 0.1) is 0 Å². The summed E-state index contributed by atoms with van der Waals surface area (Å²) in [6.07, 6.45) is 2.79. The monoisotopic (exact) mass is 141 g/mol. The molecule has 1 amide bonds. The van der Waals surface area contributed by atoms with Crippen molar-refractivity contribution in [3.05, 3.63) is 12.2 Å². The first-order chi connectivity index (χ1) is 4.72. The van der Waals surface area contributed by atoms with Crippen LogP contribution in [0.5, 0.6) is 0 Å². The van der Waals surface area contributed by atoms with Crippen LogP contribution in [-0.2, 0) is 4.79 Å². The van der Waals surface area contributed by atoms with Gasteiger partial charge in [-0.05, 0) is 13.3 Å². The molecule has 0 unspecified atom stereocenters. The molecule has 0 fully saturated rings. The molecule has 0 heterocycles. The first-order valence-corrected chi connectivity index (χ1v) is 3.59. The Morgan fingerprint density at radius 1 is 1.80 bits per heavy atom. The minimum Gasteiger partial charge on any atom is -0.353 e. The summed E-state index contributed by atoms with van der Waals surface area (Å²) < 4.78 is 0. The van der Waals surface area contributed by atoms with Crippen molar-refractivity contribution >= 4 is 6.41 Å². The SMILES string of the molecule is C=C(CCC)[C@H](C)NC=O. The lowest BCUT2D eigenvalue weighted by Gasteiger charge is -2.11. The highest BCUT2D eigenvalue weighted by molar-refractivity contribution is 5.47. The van der Waals surface area contributed by atoms with Crippen molar-refractivity contribution in [2.45, 2.75) is 32.7 Å². The first-order valence-electron chi connectivity index (χ1n) is 3.59. The largest absolute Gasteiger partial charge is 0.353 e. The summed E-state index contributed by atoms with van der Waals surface area (Å²) in [4.78, 5) is 9.97. The Morgan fingerprint density at radius 3 is 2.80 bits per heavy atom. The predicted octanol–water partition coefficient (Wildman–Crippen LogP) is 1.48. The Labute approximate surface area is 62.3 Å². The Hall–Kier alpha value is -0.790. The molecule has 0 aromatic rings. The second-order valence-corrected chi connectivity index (χ2v) is 2.41. The lowest BCUT2D eigenvalue weighted by atomic mass is 10.1. The standard InChI is InChI=1S/C8H15NO/c1-4-5-7(2)8(3)9-6-10/h6,8H,2,4-5H2,1,3H3,(H,9,10)/t8-/m0/s1. The van der Waals surface area contributed by atoms with Crippen LogP contribution in [0.25, 0.3) is 0 Å². The number of carbonyl (C=O) groups is 1. The molecular formula is C8H15NO. The molecule has 0 saturated carbocycles. The van der Waals surface area contributed by atoms with Gasteiger partial charge in [0, 0.05) is 6.04 Å². The highest BCUT2D eigenvalue weighted by atomic mass is 16.1. The molecule has 1 N–H and O–H groups in total. The summed E-state index contributed by atoms with van der Waals surface area (Å²) in [5.41, 5.74) is 1.09. The van der Waals surface area contributed by atoms with Crippen LogP contribution >= 0.6 is 0 Å². The Kier molecular flexibility index (Phi) is 4.63. The molecule has 0 radical (unpaired) electrons. The molecule has 0 aromatic carbocycles. The molecule has 1 atom stereocenters. The fourth-order valence-corrected chi connectivity index (χ4v) is 0.758. The van der Waals surface area contributed by atoms with E-state index >= 15 is 0 Å². The van der Waals surface area contributed by atoms with Crippen molar-refractivity contribution in [3.8, 4) is 0 Å². The average molecular weight is 141 g/mol. The summed E-state index contributed by atoms with van der Waals surface area (Å²) in [6.45, 7) is 7.87. The second-order valence-electron chi connectivity index (χ2n) is 2.41. The van der Waals surface area contributed by atoms with Crippen LogP contribution in [0.1, 0.15) is 26.7 Å². The minimum atomic E-state index is 0.123. The van der Waals surface area contributed by atoms with Crippen molar-refractivity contribution < 1.29 is 4.79 Å². The fourth-order valence-electron chi connectivity index (χ4n) is 0.758. The Balaban J connectivity index is 3.58. The number of nitrogens with one attached hydrogen (secondary N) is 1. The van der Waals surface area contributed by atoms with Crippen LogP contribution in [0.15, 0.2) is 12.2 Å². The zero-order valence-corrected chi connectivity index (χ0v) is 6.68. The van der Waals surface area contributed by atoms with E-state index in [0.717, 1.165) is 18.4 Å². The molecule has 0 aliphatic carbocycles. The first kappa shape index (κ1) is 9.21. The van der Waals surface area contributed by atoms with Crippen molar-refractivity contribution in [1.82, 2.24) is 5.32 Å².